The molecular formula is C39H56N6O11. The van der Waals surface area contributed by atoms with Crippen LogP contribution in [0.1, 0.15) is 108 Å². The number of carboxylic acids is 4. The Balaban J connectivity index is 1.58. The molecule has 0 unspecified atom stereocenters. The molecule has 17 heteroatoms. The molecule has 2 aromatic rings. The summed E-state index contributed by atoms with van der Waals surface area (Å²) in [6.07, 6.45) is 8.55. The van der Waals surface area contributed by atoms with E-state index in [4.69, 9.17) is 10.2 Å². The molecule has 0 bridgehead atoms. The van der Waals surface area contributed by atoms with E-state index in [1.807, 2.05) is 36.4 Å². The lowest BCUT2D eigenvalue weighted by Gasteiger charge is -2.22. The zero-order chi connectivity index (χ0) is 41.1. The molecule has 0 aliphatic heterocycles. The molecule has 3 amide bonds. The van der Waals surface area contributed by atoms with Gasteiger partial charge in [-0.2, -0.15) is 0 Å². The van der Waals surface area contributed by atoms with Crippen molar-refractivity contribution in [2.45, 2.75) is 121 Å². The van der Waals surface area contributed by atoms with Crippen LogP contribution in [0.5, 0.6) is 0 Å². The Morgan fingerprint density at radius 2 is 1.18 bits per heavy atom. The van der Waals surface area contributed by atoms with E-state index < -0.39 is 54.3 Å². The van der Waals surface area contributed by atoms with Crippen LogP contribution in [0.4, 0.5) is 4.79 Å². The van der Waals surface area contributed by atoms with Crippen molar-refractivity contribution in [3.8, 4) is 0 Å². The number of hydrogen-bond donors (Lipinski definition) is 7. The summed E-state index contributed by atoms with van der Waals surface area (Å²) in [4.78, 5) is 93.4. The van der Waals surface area contributed by atoms with Gasteiger partial charge in [0.2, 0.25) is 5.91 Å². The lowest BCUT2D eigenvalue weighted by molar-refractivity contribution is -0.144. The number of pyridine rings is 2. The van der Waals surface area contributed by atoms with Crippen molar-refractivity contribution in [1.82, 2.24) is 30.8 Å². The number of aliphatic carboxylic acids is 4. The first-order valence-corrected chi connectivity index (χ1v) is 19.1. The van der Waals surface area contributed by atoms with Gasteiger partial charge in [-0.25, -0.2) is 14.4 Å². The molecule has 0 aliphatic carbocycles. The van der Waals surface area contributed by atoms with Gasteiger partial charge >= 0.3 is 29.9 Å². The van der Waals surface area contributed by atoms with E-state index in [-0.39, 0.29) is 43.8 Å². The second-order valence-corrected chi connectivity index (χ2v) is 13.7. The first-order valence-electron chi connectivity index (χ1n) is 19.1. The number of aromatic nitrogens is 2. The molecule has 17 nitrogen and oxygen atoms in total. The molecular weight excluding hydrogens is 728 g/mol. The molecule has 0 radical (unpaired) electrons. The van der Waals surface area contributed by atoms with Crippen LogP contribution in [0.2, 0.25) is 0 Å². The summed E-state index contributed by atoms with van der Waals surface area (Å²) in [6.45, 7) is 2.31. The number of rotatable bonds is 31. The largest absolute Gasteiger partial charge is 0.481 e. The van der Waals surface area contributed by atoms with Crippen molar-refractivity contribution in [2.75, 3.05) is 13.1 Å². The van der Waals surface area contributed by atoms with E-state index >= 15 is 0 Å². The van der Waals surface area contributed by atoms with Crippen LogP contribution in [0.15, 0.2) is 48.8 Å². The van der Waals surface area contributed by atoms with Crippen LogP contribution in [0.3, 0.4) is 0 Å². The Bertz CT molecular complexity index is 1490. The molecule has 308 valence electrons. The molecule has 0 spiro atoms. The van der Waals surface area contributed by atoms with Gasteiger partial charge in [0.1, 0.15) is 17.9 Å². The first kappa shape index (κ1) is 46.7. The number of carboxylic acid groups (broad SMARTS) is 4. The summed E-state index contributed by atoms with van der Waals surface area (Å²) in [5.74, 6) is -5.96. The molecule has 0 aliphatic rings. The van der Waals surface area contributed by atoms with E-state index in [2.05, 4.69) is 30.8 Å². The summed E-state index contributed by atoms with van der Waals surface area (Å²) in [5, 5.41) is 44.1. The maximum Gasteiger partial charge on any atom is 0.326 e. The lowest BCUT2D eigenvalue weighted by Crippen LogP contribution is -2.51. The number of amides is 3. The number of hydrogen-bond acceptors (Lipinski definition) is 10. The number of ketones is 1. The number of nitrogens with one attached hydrogen (secondary N) is 3. The van der Waals surface area contributed by atoms with Gasteiger partial charge in [0.15, 0.2) is 0 Å². The highest BCUT2D eigenvalue weighted by atomic mass is 16.4. The highest BCUT2D eigenvalue weighted by molar-refractivity contribution is 5.86. The maximum atomic E-state index is 12.6. The summed E-state index contributed by atoms with van der Waals surface area (Å²) in [5.41, 5.74) is 1.88. The average molecular weight is 785 g/mol. The normalized spacial score (nSPS) is 12.6. The Hall–Kier alpha value is -5.45. The lowest BCUT2D eigenvalue weighted by atomic mass is 9.94. The molecule has 2 aromatic heterocycles. The molecule has 7 N–H and O–H groups in total. The van der Waals surface area contributed by atoms with E-state index in [9.17, 15) is 43.8 Å². The first-order chi connectivity index (χ1) is 26.8. The fraction of sp³-hybridized carbons (Fsp3) is 0.564. The van der Waals surface area contributed by atoms with E-state index in [0.717, 1.165) is 37.2 Å². The van der Waals surface area contributed by atoms with E-state index in [1.165, 1.54) is 0 Å². The number of carbonyl (C=O) groups is 7. The minimum Gasteiger partial charge on any atom is -0.481 e. The smallest absolute Gasteiger partial charge is 0.326 e. The molecule has 2 heterocycles. The number of nitrogens with zero attached hydrogens (tertiary/aromatic N) is 3. The monoisotopic (exact) mass is 784 g/mol. The van der Waals surface area contributed by atoms with Gasteiger partial charge in [0, 0.05) is 57.7 Å². The van der Waals surface area contributed by atoms with Gasteiger partial charge in [-0.05, 0) is 82.2 Å². The van der Waals surface area contributed by atoms with Crippen LogP contribution in [-0.2, 0) is 41.9 Å². The van der Waals surface area contributed by atoms with Crippen molar-refractivity contribution in [2.24, 2.45) is 5.92 Å². The van der Waals surface area contributed by atoms with Crippen LogP contribution >= 0.6 is 0 Å². The minimum absolute atomic E-state index is 0.000416. The number of urea groups is 1. The average Bonchev–Trinajstić information content (AvgIpc) is 3.15. The summed E-state index contributed by atoms with van der Waals surface area (Å²) in [7, 11) is 0. The topological polar surface area (TPSA) is 266 Å². The maximum absolute atomic E-state index is 12.6. The zero-order valence-electron chi connectivity index (χ0n) is 31.8. The van der Waals surface area contributed by atoms with Crippen LogP contribution < -0.4 is 16.0 Å². The highest BCUT2D eigenvalue weighted by Crippen LogP contribution is 2.18. The Kier molecular flexibility index (Phi) is 22.7. The number of Topliss-reactive ketones (excluding diaryl/α,β-unsaturated/α-hetero) is 1. The van der Waals surface area contributed by atoms with E-state index in [0.29, 0.717) is 58.2 Å². The van der Waals surface area contributed by atoms with Crippen molar-refractivity contribution >= 4 is 41.6 Å². The second-order valence-electron chi connectivity index (χ2n) is 13.7. The molecule has 3 atom stereocenters. The number of unbranched alkanes of at least 4 members (excludes halogenated alkanes) is 5. The molecule has 0 aromatic carbocycles. The SMILES string of the molecule is O=C(O)CC[C@H](NC(=O)N[C@@H](CCCCNC(=O)CCCCCCC(=O)C[C@@H](CCCCN(Cc1ccccn1)Cc1ccccn1)C(=O)O)C(=O)O)C(=O)O. The quantitative estimate of drug-likeness (QED) is 0.0533. The third-order valence-corrected chi connectivity index (χ3v) is 9.03. The fourth-order valence-electron chi connectivity index (χ4n) is 5.96. The number of carbonyl (C=O) groups excluding carboxylic acids is 3. The third-order valence-electron chi connectivity index (χ3n) is 9.03. The van der Waals surface area contributed by atoms with Gasteiger partial charge in [0.25, 0.3) is 0 Å². The summed E-state index contributed by atoms with van der Waals surface area (Å²) < 4.78 is 0. The van der Waals surface area contributed by atoms with Gasteiger partial charge in [-0.3, -0.25) is 34.0 Å². The van der Waals surface area contributed by atoms with Gasteiger partial charge in [-0.1, -0.05) is 31.4 Å². The second kappa shape index (κ2) is 27.2. The third kappa shape index (κ3) is 21.4. The van der Waals surface area contributed by atoms with Crippen LogP contribution in [0, 0.1) is 5.92 Å². The summed E-state index contributed by atoms with van der Waals surface area (Å²) in [6, 6.07) is 7.71. The predicted molar refractivity (Wildman–Crippen MR) is 203 cm³/mol. The van der Waals surface area contributed by atoms with Gasteiger partial charge in [0.05, 0.1) is 17.3 Å². The summed E-state index contributed by atoms with van der Waals surface area (Å²) >= 11 is 0. The van der Waals surface area contributed by atoms with Crippen molar-refractivity contribution in [1.29, 1.82) is 0 Å². The Morgan fingerprint density at radius 1 is 0.607 bits per heavy atom. The molecule has 0 saturated carbocycles. The van der Waals surface area contributed by atoms with Crippen molar-refractivity contribution in [3.63, 3.8) is 0 Å². The Morgan fingerprint density at radius 3 is 1.71 bits per heavy atom. The molecule has 56 heavy (non-hydrogen) atoms. The predicted octanol–water partition coefficient (Wildman–Crippen LogP) is 4.01. The fourth-order valence-corrected chi connectivity index (χ4v) is 5.96. The Labute approximate surface area is 326 Å². The van der Waals surface area contributed by atoms with Crippen LogP contribution in [0.25, 0.3) is 0 Å². The molecule has 2 rings (SSSR count). The highest BCUT2D eigenvalue weighted by Gasteiger charge is 2.25. The van der Waals surface area contributed by atoms with Crippen molar-refractivity contribution in [3.05, 3.63) is 60.2 Å². The van der Waals surface area contributed by atoms with Gasteiger partial charge < -0.3 is 36.4 Å². The molecule has 0 fully saturated rings. The van der Waals surface area contributed by atoms with E-state index in [1.54, 1.807) is 12.4 Å². The molecule has 0 saturated heterocycles. The standard InChI is InChI=1S/C39H56N6O11/c46-31(25-28(36(50)51)13-8-12-24-45(26-29-14-5-9-21-40-29)27-30-15-6-10-22-41-30)16-3-1-2-4-18-34(47)42-23-11-7-17-32(37(52)53)43-39(56)44-33(38(54)55)19-20-35(48)49/h5-6,9-10,14-15,21-22,28,32-33H,1-4,7-8,11-13,16-20,23-27H2,(H,42,47)(H,48,49)(H,50,51)(H,52,53)(H,54,55)(H2,43,44,56)/t28-,32+,33+/m1/s1. The zero-order valence-corrected chi connectivity index (χ0v) is 31.8. The minimum atomic E-state index is -1.49. The van der Waals surface area contributed by atoms with Crippen LogP contribution in [-0.4, -0.2) is 102 Å². The van der Waals surface area contributed by atoms with Crippen molar-refractivity contribution < 1.29 is 54.0 Å². The van der Waals surface area contributed by atoms with Gasteiger partial charge in [-0.15, -0.1) is 0 Å².